The van der Waals surface area contributed by atoms with Gasteiger partial charge in [0.05, 0.1) is 0 Å². The van der Waals surface area contributed by atoms with Gasteiger partial charge in [0.1, 0.15) is 0 Å². The minimum atomic E-state index is 0.506. The molecular weight excluding hydrogens is 216 g/mol. The third-order valence-corrected chi connectivity index (χ3v) is 3.44. The van der Waals surface area contributed by atoms with Crippen molar-refractivity contribution in [3.63, 3.8) is 0 Å². The SMILES string of the molecule is CCCCCCCCCC=CCCCC(C)(C)C. The van der Waals surface area contributed by atoms with Gasteiger partial charge in [-0.2, -0.15) is 0 Å². The Morgan fingerprint density at radius 1 is 0.667 bits per heavy atom. The lowest BCUT2D eigenvalue weighted by molar-refractivity contribution is 0.367. The molecule has 0 aliphatic rings. The van der Waals surface area contributed by atoms with Crippen LogP contribution in [0.15, 0.2) is 12.2 Å². The van der Waals surface area contributed by atoms with Crippen molar-refractivity contribution in [3.8, 4) is 0 Å². The summed E-state index contributed by atoms with van der Waals surface area (Å²) in [6, 6.07) is 0. The van der Waals surface area contributed by atoms with Crippen LogP contribution < -0.4 is 0 Å². The van der Waals surface area contributed by atoms with Gasteiger partial charge in [0.25, 0.3) is 0 Å². The predicted molar refractivity (Wildman–Crippen MR) is 85.1 cm³/mol. The highest BCUT2D eigenvalue weighted by molar-refractivity contribution is 4.81. The predicted octanol–water partition coefficient (Wildman–Crippen LogP) is 6.90. The molecule has 0 aromatic rings. The van der Waals surface area contributed by atoms with E-state index < -0.39 is 0 Å². The van der Waals surface area contributed by atoms with Gasteiger partial charge in [0.2, 0.25) is 0 Å². The highest BCUT2D eigenvalue weighted by Crippen LogP contribution is 2.21. The fourth-order valence-corrected chi connectivity index (χ4v) is 2.21. The normalized spacial score (nSPS) is 12.4. The highest BCUT2D eigenvalue weighted by Gasteiger charge is 2.07. The van der Waals surface area contributed by atoms with Crippen LogP contribution in [0, 0.1) is 5.41 Å². The van der Waals surface area contributed by atoms with Gasteiger partial charge in [-0.25, -0.2) is 0 Å². The molecule has 18 heavy (non-hydrogen) atoms. The number of hydrogen-bond acceptors (Lipinski definition) is 0. The quantitative estimate of drug-likeness (QED) is 0.277. The zero-order chi connectivity index (χ0) is 13.7. The number of allylic oxidation sites excluding steroid dienone is 2. The van der Waals surface area contributed by atoms with Crippen LogP contribution in [0.5, 0.6) is 0 Å². The average Bonchev–Trinajstić information content (AvgIpc) is 2.29. The molecule has 0 bridgehead atoms. The Kier molecular flexibility index (Phi) is 11.6. The fourth-order valence-electron chi connectivity index (χ4n) is 2.21. The molecule has 0 unspecified atom stereocenters. The number of hydrogen-bond donors (Lipinski definition) is 0. The maximum Gasteiger partial charge on any atom is -0.0351 e. The molecule has 0 aliphatic carbocycles. The first-order valence-corrected chi connectivity index (χ1v) is 8.21. The molecule has 0 heterocycles. The van der Waals surface area contributed by atoms with Crippen LogP contribution in [0.3, 0.4) is 0 Å². The third-order valence-electron chi connectivity index (χ3n) is 3.44. The first kappa shape index (κ1) is 17.7. The van der Waals surface area contributed by atoms with Gasteiger partial charge < -0.3 is 0 Å². The lowest BCUT2D eigenvalue weighted by Crippen LogP contribution is -2.03. The van der Waals surface area contributed by atoms with Crippen LogP contribution in [0.4, 0.5) is 0 Å². The molecule has 0 amide bonds. The van der Waals surface area contributed by atoms with Crippen molar-refractivity contribution in [2.75, 3.05) is 0 Å². The maximum absolute atomic E-state index is 2.40. The molecule has 0 aliphatic heterocycles. The van der Waals surface area contributed by atoms with E-state index >= 15 is 0 Å². The molecule has 0 nitrogen and oxygen atoms in total. The molecule has 0 atom stereocenters. The van der Waals surface area contributed by atoms with Crippen molar-refractivity contribution >= 4 is 0 Å². The van der Waals surface area contributed by atoms with Crippen molar-refractivity contribution in [3.05, 3.63) is 12.2 Å². The van der Waals surface area contributed by atoms with Crippen LogP contribution in [0.2, 0.25) is 0 Å². The van der Waals surface area contributed by atoms with Crippen molar-refractivity contribution in [1.29, 1.82) is 0 Å². The van der Waals surface area contributed by atoms with Crippen molar-refractivity contribution < 1.29 is 0 Å². The van der Waals surface area contributed by atoms with E-state index in [1.165, 1.54) is 70.6 Å². The van der Waals surface area contributed by atoms with Gasteiger partial charge in [-0.05, 0) is 37.5 Å². The molecule has 0 saturated carbocycles. The van der Waals surface area contributed by atoms with E-state index in [2.05, 4.69) is 39.8 Å². The summed E-state index contributed by atoms with van der Waals surface area (Å²) in [5.41, 5.74) is 0.506. The molecule has 0 rings (SSSR count). The second kappa shape index (κ2) is 11.8. The second-order valence-electron chi connectivity index (χ2n) is 6.83. The van der Waals surface area contributed by atoms with Crippen molar-refractivity contribution in [2.24, 2.45) is 5.41 Å². The summed E-state index contributed by atoms with van der Waals surface area (Å²) in [7, 11) is 0. The zero-order valence-corrected chi connectivity index (χ0v) is 13.4. The van der Waals surface area contributed by atoms with Gasteiger partial charge in [0, 0.05) is 0 Å². The first-order chi connectivity index (χ1) is 8.56. The molecular formula is C18H36. The van der Waals surface area contributed by atoms with E-state index in [0.29, 0.717) is 5.41 Å². The Labute approximate surface area is 116 Å². The molecule has 0 heteroatoms. The molecule has 0 saturated heterocycles. The Morgan fingerprint density at radius 3 is 1.72 bits per heavy atom. The van der Waals surface area contributed by atoms with Crippen LogP contribution in [0.1, 0.15) is 98.3 Å². The Bertz CT molecular complexity index is 183. The average molecular weight is 252 g/mol. The maximum atomic E-state index is 2.40. The highest BCUT2D eigenvalue weighted by atomic mass is 14.1. The van der Waals surface area contributed by atoms with E-state index in [4.69, 9.17) is 0 Å². The fraction of sp³-hybridized carbons (Fsp3) is 0.889. The summed E-state index contributed by atoms with van der Waals surface area (Å²) in [5.74, 6) is 0. The summed E-state index contributed by atoms with van der Waals surface area (Å²) in [6.07, 6.45) is 20.0. The lowest BCUT2D eigenvalue weighted by atomic mass is 9.90. The molecule has 0 aromatic heterocycles. The molecule has 0 aromatic carbocycles. The molecule has 0 N–H and O–H groups in total. The first-order valence-electron chi connectivity index (χ1n) is 8.21. The van der Waals surface area contributed by atoms with Crippen LogP contribution in [-0.4, -0.2) is 0 Å². The van der Waals surface area contributed by atoms with Crippen LogP contribution >= 0.6 is 0 Å². The van der Waals surface area contributed by atoms with Gasteiger partial charge in [-0.15, -0.1) is 0 Å². The van der Waals surface area contributed by atoms with E-state index in [9.17, 15) is 0 Å². The minimum Gasteiger partial charge on any atom is -0.0885 e. The van der Waals surface area contributed by atoms with Gasteiger partial charge in [-0.1, -0.05) is 78.4 Å². The van der Waals surface area contributed by atoms with E-state index in [1.807, 2.05) is 0 Å². The Balaban J connectivity index is 3.14. The monoisotopic (exact) mass is 252 g/mol. The minimum absolute atomic E-state index is 0.506. The van der Waals surface area contributed by atoms with E-state index in [-0.39, 0.29) is 0 Å². The zero-order valence-electron chi connectivity index (χ0n) is 13.4. The largest absolute Gasteiger partial charge is 0.0885 e. The second-order valence-corrected chi connectivity index (χ2v) is 6.83. The van der Waals surface area contributed by atoms with Crippen molar-refractivity contribution in [1.82, 2.24) is 0 Å². The summed E-state index contributed by atoms with van der Waals surface area (Å²) >= 11 is 0. The Hall–Kier alpha value is -0.260. The van der Waals surface area contributed by atoms with Gasteiger partial charge in [-0.3, -0.25) is 0 Å². The van der Waals surface area contributed by atoms with Gasteiger partial charge >= 0.3 is 0 Å². The van der Waals surface area contributed by atoms with Crippen LogP contribution in [-0.2, 0) is 0 Å². The van der Waals surface area contributed by atoms with Crippen LogP contribution in [0.25, 0.3) is 0 Å². The molecule has 0 spiro atoms. The summed E-state index contributed by atoms with van der Waals surface area (Å²) in [4.78, 5) is 0. The number of rotatable bonds is 11. The van der Waals surface area contributed by atoms with Crippen molar-refractivity contribution in [2.45, 2.75) is 98.3 Å². The van der Waals surface area contributed by atoms with Gasteiger partial charge in [0.15, 0.2) is 0 Å². The van der Waals surface area contributed by atoms with E-state index in [0.717, 1.165) is 0 Å². The lowest BCUT2D eigenvalue weighted by Gasteiger charge is -2.16. The topological polar surface area (TPSA) is 0 Å². The number of unbranched alkanes of at least 4 members (excludes halogenated alkanes) is 8. The standard InChI is InChI=1S/C18H36/c1-5-6-7-8-9-10-11-12-13-14-15-16-17-18(2,3)4/h13-14H,5-12,15-17H2,1-4H3. The summed E-state index contributed by atoms with van der Waals surface area (Å²) in [5, 5.41) is 0. The molecule has 108 valence electrons. The summed E-state index contributed by atoms with van der Waals surface area (Å²) < 4.78 is 0. The Morgan fingerprint density at radius 2 is 1.17 bits per heavy atom. The smallest absolute Gasteiger partial charge is 0.0351 e. The summed E-state index contributed by atoms with van der Waals surface area (Å²) in [6.45, 7) is 9.27. The van der Waals surface area contributed by atoms with E-state index in [1.54, 1.807) is 0 Å². The molecule has 0 fully saturated rings. The molecule has 0 radical (unpaired) electrons. The third kappa shape index (κ3) is 15.7.